The van der Waals surface area contributed by atoms with E-state index in [1.165, 1.54) is 11.1 Å². The normalized spacial score (nSPS) is 17.0. The number of nitrogens with two attached hydrogens (primary N) is 1. The zero-order valence-electron chi connectivity index (χ0n) is 17.2. The lowest BCUT2D eigenvalue weighted by molar-refractivity contribution is -0.119. The fourth-order valence-electron chi connectivity index (χ4n) is 3.83. The van der Waals surface area contributed by atoms with Crippen LogP contribution in [0, 0.1) is 12.8 Å². The standard InChI is InChI=1S/C21H30N6O.HI/c1-16-24-8-10-26(16)14-18-6-3-5-17(11-18)13-25-21(23-2)27-9-4-7-19(15-27)12-20(22)28;/h3,5-6,8,10-11,19H,4,7,9,12-15H2,1-2H3,(H2,22,28)(H,23,25);1H. The van der Waals surface area contributed by atoms with Crippen molar-refractivity contribution in [2.45, 2.75) is 39.3 Å². The molecule has 1 fully saturated rings. The molecule has 3 N–H and O–H groups in total. The van der Waals surface area contributed by atoms with Crippen molar-refractivity contribution < 1.29 is 4.79 Å². The minimum atomic E-state index is -0.222. The van der Waals surface area contributed by atoms with Gasteiger partial charge in [0.15, 0.2) is 5.96 Å². The van der Waals surface area contributed by atoms with Crippen molar-refractivity contribution in [1.29, 1.82) is 0 Å². The van der Waals surface area contributed by atoms with Crippen LogP contribution in [-0.4, -0.2) is 46.5 Å². The first-order chi connectivity index (χ1) is 13.5. The Labute approximate surface area is 189 Å². The minimum absolute atomic E-state index is 0. The maximum atomic E-state index is 11.2. The third-order valence-corrected chi connectivity index (χ3v) is 5.24. The summed E-state index contributed by atoms with van der Waals surface area (Å²) in [5.41, 5.74) is 7.83. The third-order valence-electron chi connectivity index (χ3n) is 5.24. The molecule has 1 aromatic heterocycles. The van der Waals surface area contributed by atoms with Crippen molar-refractivity contribution in [1.82, 2.24) is 19.8 Å². The predicted molar refractivity (Wildman–Crippen MR) is 126 cm³/mol. The second-order valence-corrected chi connectivity index (χ2v) is 7.45. The largest absolute Gasteiger partial charge is 0.370 e. The first-order valence-corrected chi connectivity index (χ1v) is 9.84. The molecular weight excluding hydrogens is 479 g/mol. The van der Waals surface area contributed by atoms with Crippen LogP contribution in [0.2, 0.25) is 0 Å². The van der Waals surface area contributed by atoms with Crippen LogP contribution in [0.4, 0.5) is 0 Å². The molecule has 158 valence electrons. The number of imidazole rings is 1. The van der Waals surface area contributed by atoms with Crippen molar-refractivity contribution in [3.8, 4) is 0 Å². The molecule has 0 radical (unpaired) electrons. The number of aromatic nitrogens is 2. The van der Waals surface area contributed by atoms with E-state index in [0.29, 0.717) is 18.9 Å². The first kappa shape index (κ1) is 23.2. The average Bonchev–Trinajstić information content (AvgIpc) is 3.07. The van der Waals surface area contributed by atoms with E-state index in [2.05, 4.69) is 49.0 Å². The molecule has 1 unspecified atom stereocenters. The van der Waals surface area contributed by atoms with Gasteiger partial charge in [0.05, 0.1) is 0 Å². The van der Waals surface area contributed by atoms with Gasteiger partial charge >= 0.3 is 0 Å². The topological polar surface area (TPSA) is 88.5 Å². The molecule has 1 atom stereocenters. The molecule has 0 aliphatic carbocycles. The number of rotatable bonds is 6. The summed E-state index contributed by atoms with van der Waals surface area (Å²) in [5.74, 6) is 1.98. The van der Waals surface area contributed by atoms with E-state index >= 15 is 0 Å². The van der Waals surface area contributed by atoms with Crippen LogP contribution < -0.4 is 11.1 Å². The minimum Gasteiger partial charge on any atom is -0.370 e. The van der Waals surface area contributed by atoms with Gasteiger partial charge in [-0.1, -0.05) is 24.3 Å². The lowest BCUT2D eigenvalue weighted by Crippen LogP contribution is -2.46. The fourth-order valence-corrected chi connectivity index (χ4v) is 3.83. The molecule has 1 saturated heterocycles. The number of amides is 1. The van der Waals surface area contributed by atoms with Crippen LogP contribution in [0.3, 0.4) is 0 Å². The van der Waals surface area contributed by atoms with Gasteiger partial charge in [-0.15, -0.1) is 24.0 Å². The van der Waals surface area contributed by atoms with E-state index in [0.717, 1.165) is 44.3 Å². The molecule has 0 saturated carbocycles. The van der Waals surface area contributed by atoms with Gasteiger partial charge < -0.3 is 20.5 Å². The van der Waals surface area contributed by atoms with Crippen molar-refractivity contribution in [2.24, 2.45) is 16.6 Å². The number of carbonyl (C=O) groups excluding carboxylic acids is 1. The molecule has 2 heterocycles. The Morgan fingerprint density at radius 1 is 1.38 bits per heavy atom. The van der Waals surface area contributed by atoms with E-state index in [1.807, 2.05) is 19.3 Å². The number of primary amides is 1. The average molecular weight is 510 g/mol. The first-order valence-electron chi connectivity index (χ1n) is 9.84. The number of benzene rings is 1. The number of aliphatic imine (C=N–C) groups is 1. The Kier molecular flexibility index (Phi) is 8.94. The molecule has 7 nitrogen and oxygen atoms in total. The predicted octanol–water partition coefficient (Wildman–Crippen LogP) is 2.52. The van der Waals surface area contributed by atoms with Crippen LogP contribution in [0.5, 0.6) is 0 Å². The summed E-state index contributed by atoms with van der Waals surface area (Å²) < 4.78 is 2.14. The molecule has 8 heteroatoms. The number of hydrogen-bond acceptors (Lipinski definition) is 3. The lowest BCUT2D eigenvalue weighted by atomic mass is 9.95. The molecule has 3 rings (SSSR count). The van der Waals surface area contributed by atoms with Crippen molar-refractivity contribution in [3.05, 3.63) is 53.6 Å². The van der Waals surface area contributed by atoms with Gasteiger partial charge in [-0.25, -0.2) is 4.98 Å². The maximum Gasteiger partial charge on any atom is 0.217 e. The van der Waals surface area contributed by atoms with E-state index in [9.17, 15) is 4.79 Å². The lowest BCUT2D eigenvalue weighted by Gasteiger charge is -2.34. The zero-order valence-corrected chi connectivity index (χ0v) is 19.5. The van der Waals surface area contributed by atoms with Crippen LogP contribution >= 0.6 is 24.0 Å². The summed E-state index contributed by atoms with van der Waals surface area (Å²) in [5, 5.41) is 3.47. The summed E-state index contributed by atoms with van der Waals surface area (Å²) in [7, 11) is 1.80. The maximum absolute atomic E-state index is 11.2. The number of piperidine rings is 1. The fraction of sp³-hybridized carbons (Fsp3) is 0.476. The van der Waals surface area contributed by atoms with Crippen LogP contribution in [0.15, 0.2) is 41.7 Å². The number of guanidine groups is 1. The van der Waals surface area contributed by atoms with Gasteiger partial charge in [0.25, 0.3) is 0 Å². The summed E-state index contributed by atoms with van der Waals surface area (Å²) in [4.78, 5) is 22.2. The number of aryl methyl sites for hydroxylation is 1. The van der Waals surface area contributed by atoms with E-state index in [-0.39, 0.29) is 29.9 Å². The Hall–Kier alpha value is -2.10. The highest BCUT2D eigenvalue weighted by Gasteiger charge is 2.23. The van der Waals surface area contributed by atoms with Crippen molar-refractivity contribution in [3.63, 3.8) is 0 Å². The van der Waals surface area contributed by atoms with Gasteiger partial charge in [-0.2, -0.15) is 0 Å². The van der Waals surface area contributed by atoms with E-state index in [4.69, 9.17) is 5.73 Å². The van der Waals surface area contributed by atoms with E-state index in [1.54, 1.807) is 7.05 Å². The molecule has 0 spiro atoms. The second-order valence-electron chi connectivity index (χ2n) is 7.45. The van der Waals surface area contributed by atoms with Crippen LogP contribution in [0.1, 0.15) is 36.2 Å². The Morgan fingerprint density at radius 3 is 2.86 bits per heavy atom. The molecule has 0 bridgehead atoms. The van der Waals surface area contributed by atoms with Crippen LogP contribution in [0.25, 0.3) is 0 Å². The number of nitrogens with one attached hydrogen (secondary N) is 1. The van der Waals surface area contributed by atoms with Gasteiger partial charge in [0, 0.05) is 52.0 Å². The van der Waals surface area contributed by atoms with Crippen molar-refractivity contribution >= 4 is 35.8 Å². The highest BCUT2D eigenvalue weighted by molar-refractivity contribution is 14.0. The second kappa shape index (κ2) is 11.2. The highest BCUT2D eigenvalue weighted by atomic mass is 127. The van der Waals surface area contributed by atoms with E-state index < -0.39 is 0 Å². The third kappa shape index (κ3) is 6.73. The monoisotopic (exact) mass is 510 g/mol. The van der Waals surface area contributed by atoms with Gasteiger partial charge in [0.1, 0.15) is 5.82 Å². The summed E-state index contributed by atoms with van der Waals surface area (Å²) in [6.45, 7) is 5.31. The molecular formula is C21H31IN6O. The van der Waals surface area contributed by atoms with Gasteiger partial charge in [-0.3, -0.25) is 9.79 Å². The Bertz CT molecular complexity index is 834. The number of likely N-dealkylation sites (tertiary alicyclic amines) is 1. The molecule has 1 aliphatic heterocycles. The summed E-state index contributed by atoms with van der Waals surface area (Å²) >= 11 is 0. The van der Waals surface area contributed by atoms with Gasteiger partial charge in [0.2, 0.25) is 5.91 Å². The number of hydrogen-bond donors (Lipinski definition) is 2. The molecule has 1 aliphatic rings. The molecule has 1 amide bonds. The SMILES string of the molecule is CN=C(NCc1cccc(Cn2ccnc2C)c1)N1CCCC(CC(N)=O)C1.I. The summed E-state index contributed by atoms with van der Waals surface area (Å²) in [6, 6.07) is 8.56. The number of halogens is 1. The molecule has 2 aromatic rings. The summed E-state index contributed by atoms with van der Waals surface area (Å²) in [6.07, 6.45) is 6.38. The quantitative estimate of drug-likeness (QED) is 0.355. The van der Waals surface area contributed by atoms with Crippen molar-refractivity contribution in [2.75, 3.05) is 20.1 Å². The Morgan fingerprint density at radius 2 is 2.17 bits per heavy atom. The highest BCUT2D eigenvalue weighted by Crippen LogP contribution is 2.19. The number of carbonyl (C=O) groups is 1. The number of nitrogens with zero attached hydrogens (tertiary/aromatic N) is 4. The Balaban J connectivity index is 0.00000300. The molecule has 29 heavy (non-hydrogen) atoms. The molecule has 1 aromatic carbocycles. The zero-order chi connectivity index (χ0) is 19.9. The smallest absolute Gasteiger partial charge is 0.217 e. The van der Waals surface area contributed by atoms with Gasteiger partial charge in [-0.05, 0) is 36.8 Å². The van der Waals surface area contributed by atoms with Crippen LogP contribution in [-0.2, 0) is 17.9 Å².